The summed E-state index contributed by atoms with van der Waals surface area (Å²) in [5.41, 5.74) is 2.06. The Morgan fingerprint density at radius 1 is 1.04 bits per heavy atom. The van der Waals surface area contributed by atoms with Gasteiger partial charge in [0, 0.05) is 43.3 Å². The third-order valence-corrected chi connectivity index (χ3v) is 4.25. The highest BCUT2D eigenvalue weighted by molar-refractivity contribution is 5.97. The molecule has 1 aliphatic rings. The Morgan fingerprint density at radius 3 is 2.58 bits per heavy atom. The van der Waals surface area contributed by atoms with Gasteiger partial charge in [0.15, 0.2) is 0 Å². The topological polar surface area (TPSA) is 90.3 Å². The first-order valence-corrected chi connectivity index (χ1v) is 8.26. The van der Waals surface area contributed by atoms with Crippen LogP contribution < -0.4 is 9.47 Å². The molecule has 8 heteroatoms. The molecular formula is C18H17N5O3. The van der Waals surface area contributed by atoms with Crippen LogP contribution in [0.3, 0.4) is 0 Å². The molecule has 1 aromatic carbocycles. The summed E-state index contributed by atoms with van der Waals surface area (Å²) < 4.78 is 11.0. The Hall–Kier alpha value is -3.29. The van der Waals surface area contributed by atoms with Gasteiger partial charge in [-0.2, -0.15) is 0 Å². The largest absolute Gasteiger partial charge is 0.477 e. The molecule has 2 aromatic heterocycles. The molecule has 0 saturated carbocycles. The molecule has 0 bridgehead atoms. The van der Waals surface area contributed by atoms with Crippen LogP contribution in [-0.4, -0.2) is 57.0 Å². The number of carbonyl (C=O) groups excluding carboxylic acids is 1. The number of benzene rings is 1. The molecule has 1 aliphatic heterocycles. The first-order chi connectivity index (χ1) is 12.7. The fourth-order valence-electron chi connectivity index (χ4n) is 2.98. The van der Waals surface area contributed by atoms with Crippen LogP contribution >= 0.6 is 0 Å². The fraction of sp³-hybridized carbons (Fsp3) is 0.278. The summed E-state index contributed by atoms with van der Waals surface area (Å²) in [6.07, 6.45) is 6.91. The van der Waals surface area contributed by atoms with Gasteiger partial charge >= 0.3 is 0 Å². The van der Waals surface area contributed by atoms with Gasteiger partial charge in [0.25, 0.3) is 17.7 Å². The Balaban J connectivity index is 1.46. The number of methoxy groups -OCH3 is 1. The van der Waals surface area contributed by atoms with E-state index in [4.69, 9.17) is 9.47 Å². The van der Waals surface area contributed by atoms with E-state index in [1.807, 2.05) is 6.07 Å². The number of nitrogens with zero attached hydrogens (tertiary/aromatic N) is 5. The zero-order valence-electron chi connectivity index (χ0n) is 14.2. The molecule has 1 saturated heterocycles. The standard InChI is InChI=1S/C18H17N5O3/c1-25-16-17(22-8-7-21-16)26-13-4-9-23(11-13)18(24)12-2-3-14-15(10-12)20-6-5-19-14/h2-3,5-8,10,13H,4,9,11H2,1H3. The van der Waals surface area contributed by atoms with E-state index in [1.54, 1.807) is 41.8 Å². The molecule has 1 unspecified atom stereocenters. The van der Waals surface area contributed by atoms with Crippen molar-refractivity contribution in [3.05, 3.63) is 48.5 Å². The summed E-state index contributed by atoms with van der Waals surface area (Å²) in [7, 11) is 1.52. The number of rotatable bonds is 4. The van der Waals surface area contributed by atoms with Crippen molar-refractivity contribution in [1.82, 2.24) is 24.8 Å². The number of aromatic nitrogens is 4. The molecule has 1 fully saturated rings. The van der Waals surface area contributed by atoms with Crippen molar-refractivity contribution in [3.63, 3.8) is 0 Å². The average Bonchev–Trinajstić information content (AvgIpc) is 3.16. The van der Waals surface area contributed by atoms with Gasteiger partial charge in [0.05, 0.1) is 24.7 Å². The van der Waals surface area contributed by atoms with Gasteiger partial charge < -0.3 is 14.4 Å². The number of fused-ring (bicyclic) bond motifs is 1. The highest BCUT2D eigenvalue weighted by atomic mass is 16.5. The van der Waals surface area contributed by atoms with Crippen molar-refractivity contribution in [2.75, 3.05) is 20.2 Å². The van der Waals surface area contributed by atoms with Crippen LogP contribution in [0.5, 0.6) is 11.8 Å². The molecule has 3 aromatic rings. The second kappa shape index (κ2) is 6.91. The zero-order chi connectivity index (χ0) is 17.9. The maximum absolute atomic E-state index is 12.8. The second-order valence-corrected chi connectivity index (χ2v) is 5.91. The van der Waals surface area contributed by atoms with Crippen LogP contribution in [0, 0.1) is 0 Å². The third kappa shape index (κ3) is 3.13. The number of amides is 1. The molecule has 26 heavy (non-hydrogen) atoms. The molecule has 0 aliphatic carbocycles. The summed E-state index contributed by atoms with van der Waals surface area (Å²) >= 11 is 0. The SMILES string of the molecule is COc1nccnc1OC1CCN(C(=O)c2ccc3nccnc3c2)C1. The first kappa shape index (κ1) is 16.2. The van der Waals surface area contributed by atoms with Gasteiger partial charge in [0.2, 0.25) is 0 Å². The molecule has 0 radical (unpaired) electrons. The minimum Gasteiger partial charge on any atom is -0.477 e. The summed E-state index contributed by atoms with van der Waals surface area (Å²) in [5.74, 6) is 0.635. The molecule has 0 N–H and O–H groups in total. The summed E-state index contributed by atoms with van der Waals surface area (Å²) in [6, 6.07) is 5.35. The van der Waals surface area contributed by atoms with E-state index in [0.717, 1.165) is 11.9 Å². The molecule has 132 valence electrons. The lowest BCUT2D eigenvalue weighted by Crippen LogP contribution is -2.31. The van der Waals surface area contributed by atoms with Crippen molar-refractivity contribution in [2.24, 2.45) is 0 Å². The maximum atomic E-state index is 12.8. The molecular weight excluding hydrogens is 334 g/mol. The van der Waals surface area contributed by atoms with Crippen molar-refractivity contribution in [2.45, 2.75) is 12.5 Å². The number of likely N-dealkylation sites (tertiary alicyclic amines) is 1. The third-order valence-electron chi connectivity index (χ3n) is 4.25. The highest BCUT2D eigenvalue weighted by Gasteiger charge is 2.29. The van der Waals surface area contributed by atoms with Crippen molar-refractivity contribution < 1.29 is 14.3 Å². The number of hydrogen-bond donors (Lipinski definition) is 0. The molecule has 8 nitrogen and oxygen atoms in total. The second-order valence-electron chi connectivity index (χ2n) is 5.91. The van der Waals surface area contributed by atoms with Crippen LogP contribution in [-0.2, 0) is 0 Å². The molecule has 4 rings (SSSR count). The predicted molar refractivity (Wildman–Crippen MR) is 93.1 cm³/mol. The molecule has 3 heterocycles. The van der Waals surface area contributed by atoms with Crippen LogP contribution in [0.4, 0.5) is 0 Å². The van der Waals surface area contributed by atoms with Crippen molar-refractivity contribution in [3.8, 4) is 11.8 Å². The average molecular weight is 351 g/mol. The Morgan fingerprint density at radius 2 is 1.77 bits per heavy atom. The number of hydrogen-bond acceptors (Lipinski definition) is 7. The summed E-state index contributed by atoms with van der Waals surface area (Å²) in [4.78, 5) is 31.2. The lowest BCUT2D eigenvalue weighted by Gasteiger charge is -2.17. The number of carbonyl (C=O) groups is 1. The summed E-state index contributed by atoms with van der Waals surface area (Å²) in [6.45, 7) is 1.10. The predicted octanol–water partition coefficient (Wildman–Crippen LogP) is 1.72. The Kier molecular flexibility index (Phi) is 4.30. The van der Waals surface area contributed by atoms with Gasteiger partial charge in [-0.05, 0) is 18.2 Å². The van der Waals surface area contributed by atoms with E-state index in [9.17, 15) is 4.79 Å². The quantitative estimate of drug-likeness (QED) is 0.707. The van der Waals surface area contributed by atoms with Crippen LogP contribution in [0.15, 0.2) is 43.0 Å². The van der Waals surface area contributed by atoms with Gasteiger partial charge in [-0.15, -0.1) is 0 Å². The minimum atomic E-state index is -0.148. The van der Waals surface area contributed by atoms with E-state index in [2.05, 4.69) is 19.9 Å². The van der Waals surface area contributed by atoms with Gasteiger partial charge in [0.1, 0.15) is 6.10 Å². The zero-order valence-corrected chi connectivity index (χ0v) is 14.2. The molecule has 0 spiro atoms. The van der Waals surface area contributed by atoms with Gasteiger partial charge in [-0.1, -0.05) is 0 Å². The van der Waals surface area contributed by atoms with E-state index in [0.29, 0.717) is 35.9 Å². The summed E-state index contributed by atoms with van der Waals surface area (Å²) in [5, 5.41) is 0. The molecule has 1 amide bonds. The Bertz CT molecular complexity index is 949. The van der Waals surface area contributed by atoms with Crippen molar-refractivity contribution >= 4 is 16.9 Å². The van der Waals surface area contributed by atoms with E-state index >= 15 is 0 Å². The van der Waals surface area contributed by atoms with E-state index < -0.39 is 0 Å². The van der Waals surface area contributed by atoms with Crippen LogP contribution in [0.1, 0.15) is 16.8 Å². The van der Waals surface area contributed by atoms with Crippen LogP contribution in [0.2, 0.25) is 0 Å². The fourth-order valence-corrected chi connectivity index (χ4v) is 2.98. The van der Waals surface area contributed by atoms with Gasteiger partial charge in [-0.3, -0.25) is 14.8 Å². The first-order valence-electron chi connectivity index (χ1n) is 8.26. The van der Waals surface area contributed by atoms with E-state index in [1.165, 1.54) is 7.11 Å². The lowest BCUT2D eigenvalue weighted by molar-refractivity contribution is 0.0770. The van der Waals surface area contributed by atoms with Crippen LogP contribution in [0.25, 0.3) is 11.0 Å². The normalized spacial score (nSPS) is 16.7. The maximum Gasteiger partial charge on any atom is 0.278 e. The lowest BCUT2D eigenvalue weighted by atomic mass is 10.1. The molecule has 1 atom stereocenters. The minimum absolute atomic E-state index is 0.0465. The Labute approximate surface area is 149 Å². The van der Waals surface area contributed by atoms with Crippen molar-refractivity contribution in [1.29, 1.82) is 0 Å². The highest BCUT2D eigenvalue weighted by Crippen LogP contribution is 2.24. The number of ether oxygens (including phenoxy) is 2. The van der Waals surface area contributed by atoms with E-state index in [-0.39, 0.29) is 12.0 Å². The smallest absolute Gasteiger partial charge is 0.278 e. The monoisotopic (exact) mass is 351 g/mol. The van der Waals surface area contributed by atoms with Gasteiger partial charge in [-0.25, -0.2) is 9.97 Å².